The summed E-state index contributed by atoms with van der Waals surface area (Å²) in [5.74, 6) is -1.84. The fourth-order valence-electron chi connectivity index (χ4n) is 7.29. The standard InChI is InChI=1S/C31H50N6O7S/c1-19(2)18-21(28(40)37-16-7-11-25(37)31(43)44)33-26(38)22-8-4-13-34(22)29(41)24-10-6-15-36(24)30(42)23-9-5-14-35(23)27(39)20(32)12-17-45-3/h19-25H,4-18,32H2,1-3H3,(H,33,38)(H,43,44)/t20-,21-,22-,23-,24-,25-/m0/s1. The Hall–Kier alpha value is -2.87. The molecule has 6 atom stereocenters. The van der Waals surface area contributed by atoms with Crippen LogP contribution < -0.4 is 11.1 Å². The molecule has 0 spiro atoms. The van der Waals surface area contributed by atoms with E-state index in [-0.39, 0.29) is 23.6 Å². The average Bonchev–Trinajstić information content (AvgIpc) is 3.83. The summed E-state index contributed by atoms with van der Waals surface area (Å²) in [7, 11) is 0. The van der Waals surface area contributed by atoms with E-state index in [4.69, 9.17) is 5.73 Å². The predicted molar refractivity (Wildman–Crippen MR) is 169 cm³/mol. The number of thioether (sulfide) groups is 1. The van der Waals surface area contributed by atoms with Gasteiger partial charge in [-0.2, -0.15) is 11.8 Å². The Morgan fingerprint density at radius 3 is 1.76 bits per heavy atom. The lowest BCUT2D eigenvalue weighted by Crippen LogP contribution is -2.58. The van der Waals surface area contributed by atoms with E-state index in [1.54, 1.807) is 21.6 Å². The summed E-state index contributed by atoms with van der Waals surface area (Å²) >= 11 is 1.61. The molecule has 4 saturated heterocycles. The van der Waals surface area contributed by atoms with E-state index in [2.05, 4.69) is 5.32 Å². The average molecular weight is 651 g/mol. The number of aliphatic carboxylic acids is 1. The van der Waals surface area contributed by atoms with Crippen LogP contribution in [0.5, 0.6) is 0 Å². The topological polar surface area (TPSA) is 174 Å². The van der Waals surface area contributed by atoms with Gasteiger partial charge in [-0.3, -0.25) is 24.0 Å². The number of carboxylic acid groups (broad SMARTS) is 1. The first-order chi connectivity index (χ1) is 21.5. The lowest BCUT2D eigenvalue weighted by molar-refractivity contribution is -0.151. The van der Waals surface area contributed by atoms with Gasteiger partial charge in [0, 0.05) is 26.2 Å². The molecule has 4 aliphatic rings. The number of hydrogen-bond acceptors (Lipinski definition) is 8. The van der Waals surface area contributed by atoms with Crippen molar-refractivity contribution in [3.63, 3.8) is 0 Å². The summed E-state index contributed by atoms with van der Waals surface area (Å²) < 4.78 is 0. The number of nitrogens with zero attached hydrogens (tertiary/aromatic N) is 4. The first-order valence-corrected chi connectivity index (χ1v) is 17.8. The van der Waals surface area contributed by atoms with Gasteiger partial charge in [0.1, 0.15) is 30.2 Å². The number of carbonyl (C=O) groups excluding carboxylic acids is 5. The Morgan fingerprint density at radius 1 is 0.756 bits per heavy atom. The molecular weight excluding hydrogens is 600 g/mol. The van der Waals surface area contributed by atoms with Crippen molar-refractivity contribution >= 4 is 47.3 Å². The SMILES string of the molecule is CSCC[C@H](N)C(=O)N1CCC[C@H]1C(=O)N1CCC[C@H]1C(=O)N1CCC[C@H]1C(=O)N[C@@H](CC(C)C)C(=O)N1CCC[C@H]1C(=O)O. The van der Waals surface area contributed by atoms with E-state index in [0.29, 0.717) is 90.4 Å². The number of likely N-dealkylation sites (tertiary alicyclic amines) is 4. The molecule has 4 N–H and O–H groups in total. The molecule has 5 amide bonds. The highest BCUT2D eigenvalue weighted by Gasteiger charge is 2.46. The van der Waals surface area contributed by atoms with Crippen molar-refractivity contribution in [1.29, 1.82) is 0 Å². The second-order valence-electron chi connectivity index (χ2n) is 13.2. The lowest BCUT2D eigenvalue weighted by atomic mass is 10.0. The number of nitrogens with one attached hydrogen (secondary N) is 1. The Balaban J connectivity index is 1.43. The molecule has 4 fully saturated rings. The van der Waals surface area contributed by atoms with Crippen LogP contribution in [0.3, 0.4) is 0 Å². The zero-order valence-electron chi connectivity index (χ0n) is 26.8. The summed E-state index contributed by atoms with van der Waals surface area (Å²) in [4.78, 5) is 85.8. The van der Waals surface area contributed by atoms with Gasteiger partial charge in [0.25, 0.3) is 0 Å². The molecule has 14 heteroatoms. The Morgan fingerprint density at radius 2 is 1.22 bits per heavy atom. The molecule has 0 aromatic carbocycles. The van der Waals surface area contributed by atoms with Crippen LogP contribution in [0.4, 0.5) is 0 Å². The van der Waals surface area contributed by atoms with Crippen molar-refractivity contribution in [3.05, 3.63) is 0 Å². The quantitative estimate of drug-likeness (QED) is 0.274. The van der Waals surface area contributed by atoms with Crippen molar-refractivity contribution in [2.24, 2.45) is 11.7 Å². The summed E-state index contributed by atoms with van der Waals surface area (Å²) in [6.07, 6.45) is 7.17. The molecule has 4 aliphatic heterocycles. The molecule has 4 rings (SSSR count). The van der Waals surface area contributed by atoms with Gasteiger partial charge in [-0.1, -0.05) is 13.8 Å². The molecule has 0 saturated carbocycles. The maximum Gasteiger partial charge on any atom is 0.326 e. The van der Waals surface area contributed by atoms with Crippen LogP contribution in [0.25, 0.3) is 0 Å². The van der Waals surface area contributed by atoms with Crippen LogP contribution in [0.15, 0.2) is 0 Å². The largest absolute Gasteiger partial charge is 0.480 e. The van der Waals surface area contributed by atoms with Crippen LogP contribution in [-0.4, -0.2) is 135 Å². The minimum Gasteiger partial charge on any atom is -0.480 e. The third kappa shape index (κ3) is 7.93. The van der Waals surface area contributed by atoms with E-state index >= 15 is 0 Å². The van der Waals surface area contributed by atoms with Gasteiger partial charge < -0.3 is 35.8 Å². The van der Waals surface area contributed by atoms with Crippen LogP contribution >= 0.6 is 11.8 Å². The maximum atomic E-state index is 14.0. The highest BCUT2D eigenvalue weighted by atomic mass is 32.2. The number of carbonyl (C=O) groups is 6. The number of nitrogens with two attached hydrogens (primary N) is 1. The van der Waals surface area contributed by atoms with E-state index in [1.807, 2.05) is 20.1 Å². The van der Waals surface area contributed by atoms with Crippen molar-refractivity contribution in [1.82, 2.24) is 24.9 Å². The molecule has 13 nitrogen and oxygen atoms in total. The third-order valence-corrected chi connectivity index (χ3v) is 10.2. The van der Waals surface area contributed by atoms with Crippen molar-refractivity contribution in [3.8, 4) is 0 Å². The first-order valence-electron chi connectivity index (χ1n) is 16.5. The Kier molecular flexibility index (Phi) is 12.1. The summed E-state index contributed by atoms with van der Waals surface area (Å²) in [6, 6.07) is -4.62. The highest BCUT2D eigenvalue weighted by Crippen LogP contribution is 2.29. The molecular formula is C31H50N6O7S. The second kappa shape index (κ2) is 15.6. The maximum absolute atomic E-state index is 14.0. The van der Waals surface area contributed by atoms with Crippen molar-refractivity contribution < 1.29 is 33.9 Å². The minimum absolute atomic E-state index is 0.0617. The minimum atomic E-state index is -1.05. The van der Waals surface area contributed by atoms with Crippen molar-refractivity contribution in [2.45, 2.75) is 114 Å². The van der Waals surface area contributed by atoms with E-state index in [9.17, 15) is 33.9 Å². The van der Waals surface area contributed by atoms with E-state index < -0.39 is 54.0 Å². The molecule has 252 valence electrons. The molecule has 0 aromatic heterocycles. The van der Waals surface area contributed by atoms with Crippen molar-refractivity contribution in [2.75, 3.05) is 38.2 Å². The smallest absolute Gasteiger partial charge is 0.326 e. The molecule has 0 unspecified atom stereocenters. The van der Waals surface area contributed by atoms with Gasteiger partial charge in [0.15, 0.2) is 0 Å². The molecule has 4 heterocycles. The van der Waals surface area contributed by atoms with Crippen LogP contribution in [-0.2, 0) is 28.8 Å². The number of rotatable bonds is 12. The normalized spacial score (nSPS) is 26.4. The molecule has 0 aromatic rings. The van der Waals surface area contributed by atoms with Gasteiger partial charge in [0.05, 0.1) is 6.04 Å². The van der Waals surface area contributed by atoms with Crippen LogP contribution in [0, 0.1) is 5.92 Å². The molecule has 45 heavy (non-hydrogen) atoms. The summed E-state index contributed by atoms with van der Waals surface area (Å²) in [5.41, 5.74) is 6.16. The monoisotopic (exact) mass is 650 g/mol. The zero-order valence-corrected chi connectivity index (χ0v) is 27.6. The third-order valence-electron chi connectivity index (χ3n) is 9.57. The summed E-state index contributed by atoms with van der Waals surface area (Å²) in [5, 5.41) is 12.5. The van der Waals surface area contributed by atoms with Gasteiger partial charge in [-0.25, -0.2) is 4.79 Å². The lowest BCUT2D eigenvalue weighted by Gasteiger charge is -2.35. The van der Waals surface area contributed by atoms with Gasteiger partial charge in [-0.15, -0.1) is 0 Å². The predicted octanol–water partition coefficient (Wildman–Crippen LogP) is 0.646. The number of carboxylic acids is 1. The fourth-order valence-corrected chi connectivity index (χ4v) is 7.78. The van der Waals surface area contributed by atoms with Crippen LogP contribution in [0.1, 0.15) is 78.1 Å². The summed E-state index contributed by atoms with van der Waals surface area (Å²) in [6.45, 7) is 5.42. The fraction of sp³-hybridized carbons (Fsp3) is 0.806. The van der Waals surface area contributed by atoms with Gasteiger partial charge in [0.2, 0.25) is 29.5 Å². The Bertz CT molecular complexity index is 1140. The molecule has 0 aliphatic carbocycles. The molecule has 0 bridgehead atoms. The highest BCUT2D eigenvalue weighted by molar-refractivity contribution is 7.98. The second-order valence-corrected chi connectivity index (χ2v) is 14.2. The first kappa shape index (κ1) is 35.0. The zero-order chi connectivity index (χ0) is 32.8. The van der Waals surface area contributed by atoms with E-state index in [1.165, 1.54) is 9.80 Å². The van der Waals surface area contributed by atoms with Gasteiger partial charge >= 0.3 is 5.97 Å². The van der Waals surface area contributed by atoms with Gasteiger partial charge in [-0.05, 0) is 82.1 Å². The van der Waals surface area contributed by atoms with E-state index in [0.717, 1.165) is 5.75 Å². The molecule has 0 radical (unpaired) electrons. The Labute approximate surface area is 269 Å². The number of amides is 5. The van der Waals surface area contributed by atoms with Crippen LogP contribution in [0.2, 0.25) is 0 Å². The number of hydrogen-bond donors (Lipinski definition) is 3.